The lowest BCUT2D eigenvalue weighted by molar-refractivity contribution is 0.610. The highest BCUT2D eigenvalue weighted by atomic mass is 15.1. The minimum Gasteiger partial charge on any atom is -0.371 e. The number of benzene rings is 1. The molecule has 0 fully saturated rings. The van der Waals surface area contributed by atoms with Crippen LogP contribution in [0.2, 0.25) is 0 Å². The van der Waals surface area contributed by atoms with Crippen LogP contribution >= 0.6 is 0 Å². The summed E-state index contributed by atoms with van der Waals surface area (Å²) in [7, 11) is 0. The molecule has 0 unspecified atom stereocenters. The molecule has 0 aliphatic carbocycles. The van der Waals surface area contributed by atoms with E-state index in [1.165, 1.54) is 50.0 Å². The van der Waals surface area contributed by atoms with Crippen LogP contribution < -0.4 is 10.2 Å². The molecule has 0 spiro atoms. The van der Waals surface area contributed by atoms with Crippen LogP contribution in [0.4, 0.5) is 5.69 Å². The topological polar surface area (TPSA) is 15.3 Å². The number of nitrogens with one attached hydrogen (secondary N) is 1. The first-order valence-electron chi connectivity index (χ1n) is 6.95. The van der Waals surface area contributed by atoms with Crippen molar-refractivity contribution in [3.05, 3.63) is 29.8 Å². The summed E-state index contributed by atoms with van der Waals surface area (Å²) in [6, 6.07) is 8.86. The van der Waals surface area contributed by atoms with Crippen molar-refractivity contribution in [1.29, 1.82) is 0 Å². The molecule has 17 heavy (non-hydrogen) atoms. The fourth-order valence-electron chi connectivity index (χ4n) is 2.54. The molecule has 0 saturated carbocycles. The van der Waals surface area contributed by atoms with Gasteiger partial charge in [-0.15, -0.1) is 0 Å². The lowest BCUT2D eigenvalue weighted by Crippen LogP contribution is -2.32. The number of para-hydroxylation sites is 1. The number of rotatable bonds is 6. The molecule has 2 heteroatoms. The maximum atomic E-state index is 3.47. The molecular formula is C15H24N2. The first kappa shape index (κ1) is 12.4. The summed E-state index contributed by atoms with van der Waals surface area (Å²) in [5.74, 6) is 0. The van der Waals surface area contributed by atoms with Crippen molar-refractivity contribution in [3.8, 4) is 0 Å². The van der Waals surface area contributed by atoms with Crippen LogP contribution in [-0.4, -0.2) is 26.2 Å². The first-order valence-corrected chi connectivity index (χ1v) is 6.95. The molecule has 1 aliphatic rings. The normalized spacial score (nSPS) is 14.8. The van der Waals surface area contributed by atoms with E-state index in [9.17, 15) is 0 Å². The van der Waals surface area contributed by atoms with Gasteiger partial charge in [-0.05, 0) is 50.4 Å². The summed E-state index contributed by atoms with van der Waals surface area (Å²) < 4.78 is 0. The van der Waals surface area contributed by atoms with E-state index in [1.807, 2.05) is 0 Å². The van der Waals surface area contributed by atoms with Crippen molar-refractivity contribution in [3.63, 3.8) is 0 Å². The van der Waals surface area contributed by atoms with Crippen LogP contribution in [-0.2, 0) is 6.42 Å². The third-order valence-corrected chi connectivity index (χ3v) is 3.41. The Kier molecular flexibility index (Phi) is 4.87. The zero-order valence-electron chi connectivity index (χ0n) is 10.9. The molecule has 2 nitrogen and oxygen atoms in total. The van der Waals surface area contributed by atoms with Gasteiger partial charge in [0.05, 0.1) is 0 Å². The van der Waals surface area contributed by atoms with Crippen LogP contribution in [0.1, 0.15) is 31.7 Å². The van der Waals surface area contributed by atoms with Crippen LogP contribution in [0.3, 0.4) is 0 Å². The molecular weight excluding hydrogens is 208 g/mol. The second-order valence-corrected chi connectivity index (χ2v) is 4.82. The molecule has 1 aromatic rings. The second kappa shape index (κ2) is 6.65. The monoisotopic (exact) mass is 232 g/mol. The Morgan fingerprint density at radius 1 is 1.24 bits per heavy atom. The fraction of sp³-hybridized carbons (Fsp3) is 0.600. The first-order chi connectivity index (χ1) is 8.42. The summed E-state index contributed by atoms with van der Waals surface area (Å²) >= 11 is 0. The molecule has 1 aliphatic heterocycles. The summed E-state index contributed by atoms with van der Waals surface area (Å²) in [5, 5.41) is 3.47. The molecule has 0 bridgehead atoms. The van der Waals surface area contributed by atoms with E-state index in [0.29, 0.717) is 0 Å². The van der Waals surface area contributed by atoms with E-state index in [4.69, 9.17) is 0 Å². The number of hydrogen-bond acceptors (Lipinski definition) is 2. The van der Waals surface area contributed by atoms with Gasteiger partial charge in [-0.3, -0.25) is 0 Å². The van der Waals surface area contributed by atoms with Crippen molar-refractivity contribution in [2.24, 2.45) is 0 Å². The minimum absolute atomic E-state index is 1.15. The van der Waals surface area contributed by atoms with Crippen LogP contribution in [0.5, 0.6) is 0 Å². The SMILES string of the molecule is CCCNCCCN1CCCc2ccccc21. The average Bonchev–Trinajstić information content (AvgIpc) is 2.39. The molecule has 94 valence electrons. The van der Waals surface area contributed by atoms with E-state index in [0.717, 1.165) is 13.1 Å². The standard InChI is InChI=1S/C15H24N2/c1-2-10-16-11-6-13-17-12-5-8-14-7-3-4-9-15(14)17/h3-4,7,9,16H,2,5-6,8,10-13H2,1H3. The van der Waals surface area contributed by atoms with Gasteiger partial charge in [0.2, 0.25) is 0 Å². The largest absolute Gasteiger partial charge is 0.371 e. The van der Waals surface area contributed by atoms with Gasteiger partial charge in [0, 0.05) is 18.8 Å². The third-order valence-electron chi connectivity index (χ3n) is 3.41. The number of anilines is 1. The number of hydrogen-bond donors (Lipinski definition) is 1. The van der Waals surface area contributed by atoms with Gasteiger partial charge in [0.15, 0.2) is 0 Å². The molecule has 0 amide bonds. The molecule has 0 saturated heterocycles. The Morgan fingerprint density at radius 3 is 3.00 bits per heavy atom. The Labute approximate surface area is 105 Å². The fourth-order valence-corrected chi connectivity index (χ4v) is 2.54. The van der Waals surface area contributed by atoms with Crippen LogP contribution in [0.15, 0.2) is 24.3 Å². The molecule has 0 atom stereocenters. The third kappa shape index (κ3) is 3.47. The van der Waals surface area contributed by atoms with Gasteiger partial charge in [-0.25, -0.2) is 0 Å². The van der Waals surface area contributed by atoms with Gasteiger partial charge in [-0.2, -0.15) is 0 Å². The van der Waals surface area contributed by atoms with Crippen molar-refractivity contribution in [2.45, 2.75) is 32.6 Å². The van der Waals surface area contributed by atoms with E-state index in [-0.39, 0.29) is 0 Å². The zero-order chi connectivity index (χ0) is 11.9. The molecule has 2 rings (SSSR count). The Hall–Kier alpha value is -1.02. The minimum atomic E-state index is 1.15. The van der Waals surface area contributed by atoms with Gasteiger partial charge >= 0.3 is 0 Å². The summed E-state index contributed by atoms with van der Waals surface area (Å²) in [6.07, 6.45) is 5.03. The van der Waals surface area contributed by atoms with E-state index >= 15 is 0 Å². The lowest BCUT2D eigenvalue weighted by atomic mass is 10.0. The van der Waals surface area contributed by atoms with E-state index in [1.54, 1.807) is 0 Å². The maximum absolute atomic E-state index is 3.47. The number of aryl methyl sites for hydroxylation is 1. The second-order valence-electron chi connectivity index (χ2n) is 4.82. The average molecular weight is 232 g/mol. The summed E-state index contributed by atoms with van der Waals surface area (Å²) in [5.41, 5.74) is 2.99. The van der Waals surface area contributed by atoms with Crippen molar-refractivity contribution in [1.82, 2.24) is 5.32 Å². The molecule has 0 radical (unpaired) electrons. The zero-order valence-corrected chi connectivity index (χ0v) is 10.9. The highest BCUT2D eigenvalue weighted by molar-refractivity contribution is 5.55. The maximum Gasteiger partial charge on any atom is 0.0398 e. The van der Waals surface area contributed by atoms with E-state index < -0.39 is 0 Å². The molecule has 1 heterocycles. The van der Waals surface area contributed by atoms with Crippen molar-refractivity contribution >= 4 is 5.69 Å². The van der Waals surface area contributed by atoms with Gasteiger partial charge in [-0.1, -0.05) is 25.1 Å². The van der Waals surface area contributed by atoms with Gasteiger partial charge in [0.1, 0.15) is 0 Å². The predicted molar refractivity (Wildman–Crippen MR) is 74.8 cm³/mol. The highest BCUT2D eigenvalue weighted by Gasteiger charge is 2.14. The van der Waals surface area contributed by atoms with Gasteiger partial charge < -0.3 is 10.2 Å². The lowest BCUT2D eigenvalue weighted by Gasteiger charge is -2.31. The molecule has 1 aromatic carbocycles. The Bertz CT molecular complexity index is 335. The summed E-state index contributed by atoms with van der Waals surface area (Å²) in [4.78, 5) is 2.55. The smallest absolute Gasteiger partial charge is 0.0398 e. The van der Waals surface area contributed by atoms with Crippen molar-refractivity contribution < 1.29 is 0 Å². The van der Waals surface area contributed by atoms with Gasteiger partial charge in [0.25, 0.3) is 0 Å². The molecule has 0 aromatic heterocycles. The number of fused-ring (bicyclic) bond motifs is 1. The Balaban J connectivity index is 1.82. The number of nitrogens with zero attached hydrogens (tertiary/aromatic N) is 1. The Morgan fingerprint density at radius 2 is 2.12 bits per heavy atom. The molecule has 1 N–H and O–H groups in total. The van der Waals surface area contributed by atoms with Crippen molar-refractivity contribution in [2.75, 3.05) is 31.1 Å². The van der Waals surface area contributed by atoms with Crippen LogP contribution in [0, 0.1) is 0 Å². The predicted octanol–water partition coefficient (Wildman–Crippen LogP) is 2.83. The quantitative estimate of drug-likeness (QED) is 0.759. The summed E-state index contributed by atoms with van der Waals surface area (Å²) in [6.45, 7) is 6.93. The highest BCUT2D eigenvalue weighted by Crippen LogP contribution is 2.26. The van der Waals surface area contributed by atoms with Crippen LogP contribution in [0.25, 0.3) is 0 Å². The van der Waals surface area contributed by atoms with E-state index in [2.05, 4.69) is 41.4 Å².